The molecule has 1 amide bonds. The van der Waals surface area contributed by atoms with Gasteiger partial charge < -0.3 is 25.3 Å². The molecule has 0 heterocycles. The van der Waals surface area contributed by atoms with E-state index in [-0.39, 0.29) is 17.8 Å². The van der Waals surface area contributed by atoms with Crippen molar-refractivity contribution in [3.05, 3.63) is 83.4 Å². The van der Waals surface area contributed by atoms with Crippen LogP contribution in [-0.2, 0) is 11.3 Å². The third-order valence-electron chi connectivity index (χ3n) is 5.83. The van der Waals surface area contributed by atoms with E-state index in [1.54, 1.807) is 30.3 Å². The van der Waals surface area contributed by atoms with Gasteiger partial charge in [-0.25, -0.2) is 0 Å². The van der Waals surface area contributed by atoms with Crippen molar-refractivity contribution < 1.29 is 19.0 Å². The number of hydrogen-bond donors (Lipinski definition) is 3. The van der Waals surface area contributed by atoms with Crippen molar-refractivity contribution in [2.75, 3.05) is 6.61 Å². The second-order valence-corrected chi connectivity index (χ2v) is 10.7. The lowest BCUT2D eigenvalue weighted by molar-refractivity contribution is -0.128. The van der Waals surface area contributed by atoms with E-state index in [2.05, 4.69) is 11.4 Å². The molecule has 1 atom stereocenters. The van der Waals surface area contributed by atoms with Crippen LogP contribution in [0.1, 0.15) is 56.4 Å². The van der Waals surface area contributed by atoms with Crippen LogP contribution in [0.4, 0.5) is 0 Å². The molecule has 0 aromatic heterocycles. The number of rotatable bonds is 13. The maximum absolute atomic E-state index is 13.6. The minimum atomic E-state index is -0.936. The SMILES string of the molecule is CCOc1cc(C(Oc2ccc(C(=N)N)cc2)C(=O)NCc2ccccc2SC2CC2)ccc1OC(C)C. The van der Waals surface area contributed by atoms with Crippen LogP contribution in [0.3, 0.4) is 0 Å². The van der Waals surface area contributed by atoms with Gasteiger partial charge in [0.2, 0.25) is 6.10 Å². The summed E-state index contributed by atoms with van der Waals surface area (Å²) in [7, 11) is 0. The van der Waals surface area contributed by atoms with Crippen molar-refractivity contribution >= 4 is 23.5 Å². The van der Waals surface area contributed by atoms with Gasteiger partial charge in [0.05, 0.1) is 12.7 Å². The number of nitrogen functional groups attached to an aromatic ring is 1. The molecule has 3 aromatic carbocycles. The zero-order valence-corrected chi connectivity index (χ0v) is 22.8. The van der Waals surface area contributed by atoms with Crippen LogP contribution in [0.15, 0.2) is 71.6 Å². The second-order valence-electron chi connectivity index (χ2n) is 9.38. The fourth-order valence-electron chi connectivity index (χ4n) is 3.83. The van der Waals surface area contributed by atoms with Crippen LogP contribution < -0.4 is 25.3 Å². The summed E-state index contributed by atoms with van der Waals surface area (Å²) >= 11 is 1.87. The number of amides is 1. The molecule has 3 aromatic rings. The first kappa shape index (κ1) is 27.4. The number of carbonyl (C=O) groups excluding carboxylic acids is 1. The number of amidine groups is 1. The van der Waals surface area contributed by atoms with E-state index in [1.165, 1.54) is 17.7 Å². The lowest BCUT2D eigenvalue weighted by Gasteiger charge is -2.22. The number of hydrogen-bond acceptors (Lipinski definition) is 6. The smallest absolute Gasteiger partial charge is 0.266 e. The van der Waals surface area contributed by atoms with Crippen molar-refractivity contribution in [3.8, 4) is 17.2 Å². The molecule has 1 aliphatic carbocycles. The number of nitrogens with one attached hydrogen (secondary N) is 2. The third kappa shape index (κ3) is 7.44. The van der Waals surface area contributed by atoms with Crippen molar-refractivity contribution in [1.82, 2.24) is 5.32 Å². The molecule has 1 saturated carbocycles. The summed E-state index contributed by atoms with van der Waals surface area (Å²) in [5, 5.41) is 11.4. The topological polar surface area (TPSA) is 107 Å². The standard InChI is InChI=1S/C30H35N3O4S/c1-4-35-26-17-21(11-16-25(26)36-19(2)3)28(37-23-12-9-20(10-13-23)29(31)32)30(34)33-18-22-7-5-6-8-27(22)38-24-14-15-24/h5-13,16-17,19,24,28H,4,14-15,18H2,1-3H3,(H3,31,32)(H,33,34). The summed E-state index contributed by atoms with van der Waals surface area (Å²) in [5.41, 5.74) is 7.89. The van der Waals surface area contributed by atoms with Gasteiger partial charge in [-0.2, -0.15) is 0 Å². The molecular formula is C30H35N3O4S. The Morgan fingerprint density at radius 3 is 2.45 bits per heavy atom. The second kappa shape index (κ2) is 12.7. The van der Waals surface area contributed by atoms with Crippen LogP contribution in [0, 0.1) is 5.41 Å². The van der Waals surface area contributed by atoms with Gasteiger partial charge >= 0.3 is 0 Å². The Balaban J connectivity index is 1.59. The molecule has 1 unspecified atom stereocenters. The predicted molar refractivity (Wildman–Crippen MR) is 151 cm³/mol. The zero-order valence-electron chi connectivity index (χ0n) is 22.0. The lowest BCUT2D eigenvalue weighted by atomic mass is 10.1. The van der Waals surface area contributed by atoms with Crippen LogP contribution in [-0.4, -0.2) is 29.7 Å². The molecule has 38 heavy (non-hydrogen) atoms. The monoisotopic (exact) mass is 533 g/mol. The van der Waals surface area contributed by atoms with E-state index in [0.29, 0.717) is 46.8 Å². The Labute approximate surface area is 228 Å². The van der Waals surface area contributed by atoms with Crippen molar-refractivity contribution in [2.45, 2.75) is 62.5 Å². The Bertz CT molecular complexity index is 1260. The summed E-state index contributed by atoms with van der Waals surface area (Å²) in [6.07, 6.45) is 1.52. The van der Waals surface area contributed by atoms with E-state index < -0.39 is 6.10 Å². The van der Waals surface area contributed by atoms with E-state index in [9.17, 15) is 4.79 Å². The quantitative estimate of drug-likeness (QED) is 0.188. The van der Waals surface area contributed by atoms with Gasteiger partial charge in [-0.3, -0.25) is 10.2 Å². The maximum atomic E-state index is 13.6. The lowest BCUT2D eigenvalue weighted by Crippen LogP contribution is -2.32. The minimum absolute atomic E-state index is 0.0243. The molecule has 4 N–H and O–H groups in total. The summed E-state index contributed by atoms with van der Waals surface area (Å²) in [6.45, 7) is 6.66. The van der Waals surface area contributed by atoms with Gasteiger partial charge in [-0.05, 0) is 81.6 Å². The highest BCUT2D eigenvalue weighted by Crippen LogP contribution is 2.40. The van der Waals surface area contributed by atoms with Crippen LogP contribution >= 0.6 is 11.8 Å². The highest BCUT2D eigenvalue weighted by atomic mass is 32.2. The summed E-state index contributed by atoms with van der Waals surface area (Å²) in [6, 6.07) is 20.4. The Morgan fingerprint density at radius 2 is 1.79 bits per heavy atom. The average molecular weight is 534 g/mol. The molecular weight excluding hydrogens is 498 g/mol. The van der Waals surface area contributed by atoms with Gasteiger partial charge in [0.1, 0.15) is 11.6 Å². The van der Waals surface area contributed by atoms with Crippen molar-refractivity contribution in [3.63, 3.8) is 0 Å². The van der Waals surface area contributed by atoms with Crippen molar-refractivity contribution in [1.29, 1.82) is 5.41 Å². The van der Waals surface area contributed by atoms with Gasteiger partial charge in [0, 0.05) is 27.8 Å². The first-order chi connectivity index (χ1) is 18.3. The van der Waals surface area contributed by atoms with Gasteiger partial charge in [-0.1, -0.05) is 24.3 Å². The highest BCUT2D eigenvalue weighted by Gasteiger charge is 2.26. The summed E-state index contributed by atoms with van der Waals surface area (Å²) < 4.78 is 18.0. The van der Waals surface area contributed by atoms with Crippen LogP contribution in [0.25, 0.3) is 0 Å². The molecule has 0 saturated heterocycles. The molecule has 8 heteroatoms. The molecule has 200 valence electrons. The summed E-state index contributed by atoms with van der Waals surface area (Å²) in [5.74, 6) is 1.35. The van der Waals surface area contributed by atoms with E-state index in [1.807, 2.05) is 62.9 Å². The van der Waals surface area contributed by atoms with Gasteiger partial charge in [0.15, 0.2) is 11.5 Å². The highest BCUT2D eigenvalue weighted by molar-refractivity contribution is 8.00. The van der Waals surface area contributed by atoms with Crippen LogP contribution in [0.2, 0.25) is 0 Å². The Kier molecular flexibility index (Phi) is 9.18. The number of thioether (sulfide) groups is 1. The van der Waals surface area contributed by atoms with E-state index >= 15 is 0 Å². The number of carbonyl (C=O) groups is 1. The normalized spacial score (nSPS) is 13.6. The molecule has 0 aliphatic heterocycles. The summed E-state index contributed by atoms with van der Waals surface area (Å²) in [4.78, 5) is 14.8. The maximum Gasteiger partial charge on any atom is 0.266 e. The molecule has 1 fully saturated rings. The number of nitrogens with two attached hydrogens (primary N) is 1. The Morgan fingerprint density at radius 1 is 1.05 bits per heavy atom. The fraction of sp³-hybridized carbons (Fsp3) is 0.333. The fourth-order valence-corrected chi connectivity index (χ4v) is 5.01. The first-order valence-corrected chi connectivity index (χ1v) is 13.8. The molecule has 0 spiro atoms. The molecule has 0 radical (unpaired) electrons. The van der Waals surface area contributed by atoms with E-state index in [4.69, 9.17) is 25.4 Å². The molecule has 1 aliphatic rings. The average Bonchev–Trinajstić information content (AvgIpc) is 3.72. The third-order valence-corrected chi connectivity index (χ3v) is 7.29. The molecule has 0 bridgehead atoms. The van der Waals surface area contributed by atoms with Gasteiger partial charge in [-0.15, -0.1) is 11.8 Å². The minimum Gasteiger partial charge on any atom is -0.490 e. The predicted octanol–water partition coefficient (Wildman–Crippen LogP) is 5.85. The molecule has 4 rings (SSSR count). The van der Waals surface area contributed by atoms with Crippen LogP contribution in [0.5, 0.6) is 17.2 Å². The van der Waals surface area contributed by atoms with Gasteiger partial charge in [0.25, 0.3) is 5.91 Å². The largest absolute Gasteiger partial charge is 0.490 e. The van der Waals surface area contributed by atoms with Crippen molar-refractivity contribution in [2.24, 2.45) is 5.73 Å². The zero-order chi connectivity index (χ0) is 27.1. The molecule has 7 nitrogen and oxygen atoms in total. The first-order valence-electron chi connectivity index (χ1n) is 12.9. The van der Waals surface area contributed by atoms with E-state index in [0.717, 1.165) is 5.56 Å². The Hall–Kier alpha value is -3.65. The number of benzene rings is 3. The number of ether oxygens (including phenoxy) is 3.